The molecule has 1 aromatic rings. The van der Waals surface area contributed by atoms with Crippen LogP contribution in [0.2, 0.25) is 0 Å². The number of nitrogens with zero attached hydrogens (tertiary/aromatic N) is 1. The van der Waals surface area contributed by atoms with Crippen LogP contribution in [0.25, 0.3) is 0 Å². The summed E-state index contributed by atoms with van der Waals surface area (Å²) in [4.78, 5) is 0. The van der Waals surface area contributed by atoms with Crippen molar-refractivity contribution < 1.29 is 23.1 Å². The zero-order valence-electron chi connectivity index (χ0n) is 6.82. The van der Waals surface area contributed by atoms with Crippen LogP contribution in [0, 0.1) is 0 Å². The summed E-state index contributed by atoms with van der Waals surface area (Å²) in [5.41, 5.74) is 0.314. The van der Waals surface area contributed by atoms with Crippen LogP contribution < -0.4 is 4.74 Å². The van der Waals surface area contributed by atoms with E-state index in [4.69, 9.17) is 5.21 Å². The van der Waals surface area contributed by atoms with Gasteiger partial charge in [-0.25, -0.2) is 0 Å². The van der Waals surface area contributed by atoms with Gasteiger partial charge < -0.3 is 9.94 Å². The van der Waals surface area contributed by atoms with Crippen molar-refractivity contribution in [2.75, 3.05) is 0 Å². The average Bonchev–Trinajstić information content (AvgIpc) is 2.02. The highest BCUT2D eigenvalue weighted by atomic mass is 19.4. The molecular weight excluding hydrogens is 199 g/mol. The number of halogens is 3. The first kappa shape index (κ1) is 10.4. The molecule has 0 amide bonds. The van der Waals surface area contributed by atoms with Gasteiger partial charge in [0.25, 0.3) is 0 Å². The van der Waals surface area contributed by atoms with Crippen molar-refractivity contribution in [1.29, 1.82) is 0 Å². The smallest absolute Gasteiger partial charge is 0.411 e. The number of alkyl halides is 3. The van der Waals surface area contributed by atoms with Crippen molar-refractivity contribution in [3.05, 3.63) is 29.8 Å². The lowest BCUT2D eigenvalue weighted by atomic mass is 10.2. The minimum absolute atomic E-state index is 0.314. The van der Waals surface area contributed by atoms with Gasteiger partial charge in [0.05, 0.1) is 6.21 Å². The van der Waals surface area contributed by atoms with Crippen molar-refractivity contribution in [2.45, 2.75) is 6.36 Å². The maximum atomic E-state index is 11.8. The molecule has 0 aromatic heterocycles. The molecule has 3 nitrogen and oxygen atoms in total. The standard InChI is InChI=1S/C8H6F3NO2/c9-8(10,11)14-7-3-1-2-6(4-7)5-12-13/h1-5,13H. The molecule has 0 fully saturated rings. The molecule has 14 heavy (non-hydrogen) atoms. The Bertz CT molecular complexity index is 336. The van der Waals surface area contributed by atoms with Crippen molar-refractivity contribution in [2.24, 2.45) is 5.16 Å². The van der Waals surface area contributed by atoms with Gasteiger partial charge in [-0.1, -0.05) is 17.3 Å². The number of rotatable bonds is 2. The Labute approximate surface area is 77.4 Å². The van der Waals surface area contributed by atoms with Gasteiger partial charge >= 0.3 is 6.36 Å². The molecule has 0 aliphatic heterocycles. The average molecular weight is 205 g/mol. The predicted octanol–water partition coefficient (Wildman–Crippen LogP) is 2.39. The molecule has 1 aromatic carbocycles. The summed E-state index contributed by atoms with van der Waals surface area (Å²) in [6.45, 7) is 0. The van der Waals surface area contributed by atoms with Crippen LogP contribution in [0.1, 0.15) is 5.56 Å². The Morgan fingerprint density at radius 3 is 2.64 bits per heavy atom. The maximum Gasteiger partial charge on any atom is 0.573 e. The van der Waals surface area contributed by atoms with E-state index >= 15 is 0 Å². The van der Waals surface area contributed by atoms with Crippen LogP contribution in [0.3, 0.4) is 0 Å². The van der Waals surface area contributed by atoms with Gasteiger partial charge in [-0.05, 0) is 17.7 Å². The molecule has 1 N–H and O–H groups in total. The lowest BCUT2D eigenvalue weighted by Crippen LogP contribution is -2.17. The number of benzene rings is 1. The van der Waals surface area contributed by atoms with E-state index in [2.05, 4.69) is 9.89 Å². The summed E-state index contributed by atoms with van der Waals surface area (Å²) in [6, 6.07) is 5.09. The van der Waals surface area contributed by atoms with E-state index in [1.165, 1.54) is 12.1 Å². The Morgan fingerprint density at radius 1 is 1.36 bits per heavy atom. The summed E-state index contributed by atoms with van der Waals surface area (Å²) >= 11 is 0. The molecule has 76 valence electrons. The molecule has 0 spiro atoms. The monoisotopic (exact) mass is 205 g/mol. The van der Waals surface area contributed by atoms with Gasteiger partial charge in [-0.15, -0.1) is 13.2 Å². The van der Waals surface area contributed by atoms with Gasteiger partial charge in [0.2, 0.25) is 0 Å². The SMILES string of the molecule is ON=Cc1cccc(OC(F)(F)F)c1. The second-order valence-electron chi connectivity index (χ2n) is 2.36. The van der Waals surface area contributed by atoms with Crippen LogP contribution in [0.15, 0.2) is 29.4 Å². The Balaban J connectivity index is 2.84. The van der Waals surface area contributed by atoms with Crippen LogP contribution in [0.5, 0.6) is 5.75 Å². The lowest BCUT2D eigenvalue weighted by Gasteiger charge is -2.08. The fourth-order valence-corrected chi connectivity index (χ4v) is 0.859. The predicted molar refractivity (Wildman–Crippen MR) is 42.5 cm³/mol. The Kier molecular flexibility index (Phi) is 2.95. The molecule has 0 aliphatic carbocycles. The number of oxime groups is 1. The number of hydrogen-bond acceptors (Lipinski definition) is 3. The summed E-state index contributed by atoms with van der Waals surface area (Å²) in [7, 11) is 0. The van der Waals surface area contributed by atoms with Crippen molar-refractivity contribution in [1.82, 2.24) is 0 Å². The highest BCUT2D eigenvalue weighted by Crippen LogP contribution is 2.22. The molecule has 0 saturated carbocycles. The quantitative estimate of drug-likeness (QED) is 0.457. The Hall–Kier alpha value is -1.72. The zero-order chi connectivity index (χ0) is 10.6. The van der Waals surface area contributed by atoms with E-state index < -0.39 is 6.36 Å². The van der Waals surface area contributed by atoms with Crippen molar-refractivity contribution in [3.63, 3.8) is 0 Å². The molecular formula is C8H6F3NO2. The van der Waals surface area contributed by atoms with E-state index in [9.17, 15) is 13.2 Å². The fraction of sp³-hybridized carbons (Fsp3) is 0.125. The van der Waals surface area contributed by atoms with Crippen LogP contribution in [-0.4, -0.2) is 17.8 Å². The molecule has 0 aliphatic rings. The van der Waals surface area contributed by atoms with Gasteiger partial charge in [0, 0.05) is 0 Å². The van der Waals surface area contributed by atoms with E-state index in [1.54, 1.807) is 0 Å². The summed E-state index contributed by atoms with van der Waals surface area (Å²) in [5, 5.41) is 10.8. The van der Waals surface area contributed by atoms with Crippen LogP contribution in [-0.2, 0) is 0 Å². The molecule has 0 bridgehead atoms. The van der Waals surface area contributed by atoms with Gasteiger partial charge in [0.15, 0.2) is 0 Å². The molecule has 1 rings (SSSR count). The van der Waals surface area contributed by atoms with Gasteiger partial charge in [0.1, 0.15) is 5.75 Å². The third-order valence-corrected chi connectivity index (χ3v) is 1.30. The highest BCUT2D eigenvalue weighted by Gasteiger charge is 2.30. The molecule has 0 unspecified atom stereocenters. The maximum absolute atomic E-state index is 11.8. The van der Waals surface area contributed by atoms with Crippen molar-refractivity contribution in [3.8, 4) is 5.75 Å². The lowest BCUT2D eigenvalue weighted by molar-refractivity contribution is -0.274. The van der Waals surface area contributed by atoms with E-state index in [0.29, 0.717) is 5.56 Å². The third kappa shape index (κ3) is 3.34. The highest BCUT2D eigenvalue weighted by molar-refractivity contribution is 5.79. The summed E-state index contributed by atoms with van der Waals surface area (Å²) < 4.78 is 38.9. The first-order valence-electron chi connectivity index (χ1n) is 3.54. The van der Waals surface area contributed by atoms with Gasteiger partial charge in [-0.3, -0.25) is 0 Å². The Morgan fingerprint density at radius 2 is 2.07 bits per heavy atom. The zero-order valence-corrected chi connectivity index (χ0v) is 6.82. The summed E-state index contributed by atoms with van der Waals surface area (Å²) in [5.74, 6) is -0.352. The molecule has 0 saturated heterocycles. The number of hydrogen-bond donors (Lipinski definition) is 1. The van der Waals surface area contributed by atoms with Crippen LogP contribution in [0.4, 0.5) is 13.2 Å². The van der Waals surface area contributed by atoms with E-state index in [1.807, 2.05) is 0 Å². The van der Waals surface area contributed by atoms with E-state index in [0.717, 1.165) is 18.3 Å². The van der Waals surface area contributed by atoms with E-state index in [-0.39, 0.29) is 5.75 Å². The number of ether oxygens (including phenoxy) is 1. The molecule has 0 heterocycles. The first-order valence-corrected chi connectivity index (χ1v) is 3.54. The van der Waals surface area contributed by atoms with Crippen LogP contribution >= 0.6 is 0 Å². The minimum atomic E-state index is -4.71. The largest absolute Gasteiger partial charge is 0.573 e. The first-order chi connectivity index (χ1) is 6.51. The fourth-order valence-electron chi connectivity index (χ4n) is 0.859. The minimum Gasteiger partial charge on any atom is -0.411 e. The normalized spacial score (nSPS) is 11.9. The molecule has 6 heteroatoms. The second-order valence-corrected chi connectivity index (χ2v) is 2.36. The topological polar surface area (TPSA) is 41.8 Å². The van der Waals surface area contributed by atoms with Crippen molar-refractivity contribution >= 4 is 6.21 Å². The summed E-state index contributed by atoms with van der Waals surface area (Å²) in [6.07, 6.45) is -3.71. The third-order valence-electron chi connectivity index (χ3n) is 1.30. The molecule has 0 radical (unpaired) electrons. The molecule has 0 atom stereocenters. The second kappa shape index (κ2) is 3.99. The van der Waals surface area contributed by atoms with Gasteiger partial charge in [-0.2, -0.15) is 0 Å².